The van der Waals surface area contributed by atoms with Crippen LogP contribution in [0.1, 0.15) is 85.8 Å². The third kappa shape index (κ3) is 12.1. The molecule has 3 aromatic rings. The Hall–Kier alpha value is -5.27. The number of para-hydroxylation sites is 1. The van der Waals surface area contributed by atoms with E-state index in [9.17, 15) is 19.2 Å². The van der Waals surface area contributed by atoms with Crippen LogP contribution in [0.2, 0.25) is 0 Å². The van der Waals surface area contributed by atoms with Crippen LogP contribution in [0.25, 0.3) is 0 Å². The van der Waals surface area contributed by atoms with Gasteiger partial charge in [0.15, 0.2) is 12.2 Å². The first kappa shape index (κ1) is 44.4. The van der Waals surface area contributed by atoms with E-state index in [4.69, 9.17) is 33.2 Å². The zero-order valence-electron chi connectivity index (χ0n) is 34.3. The lowest BCUT2D eigenvalue weighted by Crippen LogP contribution is -2.54. The first-order chi connectivity index (χ1) is 26.9. The Morgan fingerprint density at radius 1 is 0.702 bits per heavy atom. The van der Waals surface area contributed by atoms with Crippen LogP contribution in [0.5, 0.6) is 11.5 Å². The fourth-order valence-corrected chi connectivity index (χ4v) is 6.33. The largest absolute Gasteiger partial charge is 0.462 e. The molecule has 0 saturated carbocycles. The predicted molar refractivity (Wildman–Crippen MR) is 209 cm³/mol. The lowest BCUT2D eigenvalue weighted by Gasteiger charge is -2.37. The molecule has 4 atom stereocenters. The number of esters is 4. The van der Waals surface area contributed by atoms with Crippen molar-refractivity contribution in [3.63, 3.8) is 0 Å². The van der Waals surface area contributed by atoms with Gasteiger partial charge in [-0.25, -0.2) is 14.4 Å². The topological polar surface area (TPSA) is 153 Å². The van der Waals surface area contributed by atoms with Gasteiger partial charge in [0, 0.05) is 12.0 Å². The molecule has 57 heavy (non-hydrogen) atoms. The Morgan fingerprint density at radius 2 is 1.21 bits per heavy atom. The van der Waals surface area contributed by atoms with Gasteiger partial charge in [0.05, 0.1) is 13.2 Å². The van der Waals surface area contributed by atoms with Crippen molar-refractivity contribution in [2.24, 2.45) is 0 Å². The second-order valence-electron chi connectivity index (χ2n) is 15.6. The van der Waals surface area contributed by atoms with Gasteiger partial charge in [-0.2, -0.15) is 0 Å². The molecular formula is C44H55NO12. The molecule has 1 heterocycles. The number of aryl methyl sites for hydroxylation is 1. The van der Waals surface area contributed by atoms with E-state index < -0.39 is 77.5 Å². The number of carbonyl (C=O) groups excluding carboxylic acids is 5. The fraction of sp³-hybridized carbons (Fsp3) is 0.477. The summed E-state index contributed by atoms with van der Waals surface area (Å²) in [6, 6.07) is 25.8. The number of hydrogen-bond acceptors (Lipinski definition) is 12. The number of benzene rings is 3. The van der Waals surface area contributed by atoms with Gasteiger partial charge in [-0.15, -0.1) is 0 Å². The van der Waals surface area contributed by atoms with Gasteiger partial charge in [-0.3, -0.25) is 9.59 Å². The van der Waals surface area contributed by atoms with E-state index >= 15 is 4.79 Å². The molecule has 3 aromatic carbocycles. The highest BCUT2D eigenvalue weighted by Crippen LogP contribution is 2.37. The normalized spacial score (nSPS) is 17.4. The number of hydrogen-bond donors (Lipinski definition) is 0. The number of carbonyl (C=O) groups is 5. The highest BCUT2D eigenvalue weighted by atomic mass is 16.8. The van der Waals surface area contributed by atoms with Gasteiger partial charge in [0.25, 0.3) is 5.91 Å². The summed E-state index contributed by atoms with van der Waals surface area (Å²) in [5, 5.41) is 0. The van der Waals surface area contributed by atoms with Gasteiger partial charge in [0.2, 0.25) is 0 Å². The van der Waals surface area contributed by atoms with Crippen molar-refractivity contribution in [3.05, 3.63) is 96.1 Å². The molecule has 0 unspecified atom stereocenters. The summed E-state index contributed by atoms with van der Waals surface area (Å²) in [5.41, 5.74) is -0.114. The molecule has 308 valence electrons. The molecule has 1 aliphatic rings. The maximum Gasteiger partial charge on any atom is 0.379 e. The van der Waals surface area contributed by atoms with Gasteiger partial charge in [0.1, 0.15) is 29.2 Å². The fourth-order valence-electron chi connectivity index (χ4n) is 6.33. The number of amides is 1. The zero-order valence-corrected chi connectivity index (χ0v) is 34.3. The first-order valence-electron chi connectivity index (χ1n) is 19.2. The third-order valence-electron chi connectivity index (χ3n) is 8.78. The van der Waals surface area contributed by atoms with Crippen LogP contribution in [0.4, 0.5) is 0 Å². The van der Waals surface area contributed by atoms with Crippen LogP contribution in [0.15, 0.2) is 84.9 Å². The third-order valence-corrected chi connectivity index (χ3v) is 8.78. The van der Waals surface area contributed by atoms with Gasteiger partial charge in [-0.05, 0) is 111 Å². The average molecular weight is 790 g/mol. The van der Waals surface area contributed by atoms with Crippen LogP contribution < -0.4 is 4.74 Å². The number of nitrogens with zero attached hydrogens (tertiary/aromatic N) is 1. The van der Waals surface area contributed by atoms with E-state index in [1.807, 2.05) is 84.9 Å². The lowest BCUT2D eigenvalue weighted by molar-refractivity contribution is -0.228. The molecule has 0 N–H and O–H groups in total. The molecule has 13 nitrogen and oxygen atoms in total. The minimum atomic E-state index is -2.95. The van der Waals surface area contributed by atoms with E-state index in [1.54, 1.807) is 48.5 Å². The highest BCUT2D eigenvalue weighted by molar-refractivity contribution is 6.04. The van der Waals surface area contributed by atoms with Crippen molar-refractivity contribution in [1.29, 1.82) is 0 Å². The quantitative estimate of drug-likeness (QED) is 0.0862. The Labute approximate surface area is 334 Å². The summed E-state index contributed by atoms with van der Waals surface area (Å²) < 4.78 is 39.4. The van der Waals surface area contributed by atoms with Crippen LogP contribution in [0.3, 0.4) is 0 Å². The first-order valence-corrected chi connectivity index (χ1v) is 19.2. The van der Waals surface area contributed by atoms with E-state index in [1.165, 1.54) is 18.7 Å². The van der Waals surface area contributed by atoms with E-state index in [2.05, 4.69) is 0 Å². The minimum absolute atomic E-state index is 0.192. The molecule has 0 aromatic heterocycles. The monoisotopic (exact) mass is 789 g/mol. The van der Waals surface area contributed by atoms with Gasteiger partial charge < -0.3 is 38.1 Å². The Bertz CT molecular complexity index is 1800. The molecule has 1 aliphatic heterocycles. The van der Waals surface area contributed by atoms with Crippen LogP contribution >= 0.6 is 0 Å². The van der Waals surface area contributed by atoms with E-state index in [0.29, 0.717) is 24.3 Å². The Balaban J connectivity index is 1.82. The number of rotatable bonds is 16. The van der Waals surface area contributed by atoms with Gasteiger partial charge >= 0.3 is 29.7 Å². The summed E-state index contributed by atoms with van der Waals surface area (Å²) in [7, 11) is 0. The predicted octanol–water partition coefficient (Wildman–Crippen LogP) is 6.70. The maximum absolute atomic E-state index is 15.1. The second-order valence-corrected chi connectivity index (χ2v) is 15.6. The summed E-state index contributed by atoms with van der Waals surface area (Å²) in [5.74, 6) is -7.54. The molecule has 1 amide bonds. The minimum Gasteiger partial charge on any atom is -0.462 e. The molecule has 0 bridgehead atoms. The molecule has 0 aliphatic carbocycles. The summed E-state index contributed by atoms with van der Waals surface area (Å²) in [6.45, 7) is 13.7. The second kappa shape index (κ2) is 19.3. The standard InChI is InChI=1S/C44H55NO12/c1-10-51-40(49)44(41(50)52-11-2)55-36(37(56-44)39(48)57-43(7,8)9)38(47)45(28-35(46)54-42(4,5)6)29(3)34(27-22-30-18-14-12-15-19-30)31-23-25-33(26-24-31)53-32-20-16-13-17-21-32/h12-21,23-26,29,34,36-37H,10-11,22,27-28H2,1-9H3/t29-,34+,36-,37-/m1/s1. The van der Waals surface area contributed by atoms with Crippen molar-refractivity contribution in [3.8, 4) is 11.5 Å². The average Bonchev–Trinajstić information content (AvgIpc) is 3.57. The van der Waals surface area contributed by atoms with Gasteiger partial charge in [-0.1, -0.05) is 60.7 Å². The molecule has 1 fully saturated rings. The van der Waals surface area contributed by atoms with Crippen molar-refractivity contribution in [2.75, 3.05) is 19.8 Å². The zero-order chi connectivity index (χ0) is 42.0. The molecule has 4 rings (SSSR count). The van der Waals surface area contributed by atoms with Crippen LogP contribution in [-0.2, 0) is 58.8 Å². The van der Waals surface area contributed by atoms with E-state index in [-0.39, 0.29) is 13.2 Å². The van der Waals surface area contributed by atoms with Crippen molar-refractivity contribution in [2.45, 2.75) is 116 Å². The Morgan fingerprint density at radius 3 is 1.74 bits per heavy atom. The summed E-state index contributed by atoms with van der Waals surface area (Å²) in [4.78, 5) is 70.6. The van der Waals surface area contributed by atoms with Crippen molar-refractivity contribution >= 4 is 29.8 Å². The molecule has 13 heteroatoms. The van der Waals surface area contributed by atoms with Crippen LogP contribution in [-0.4, -0.2) is 89.7 Å². The lowest BCUT2D eigenvalue weighted by atomic mass is 9.85. The van der Waals surface area contributed by atoms with Crippen LogP contribution in [0, 0.1) is 0 Å². The van der Waals surface area contributed by atoms with Crippen molar-refractivity contribution in [1.82, 2.24) is 4.90 Å². The SMILES string of the molecule is CCOC(=O)C1(C(=O)OCC)O[C@@H](C(=O)OC(C)(C)C)[C@H](C(=O)N(CC(=O)OC(C)(C)C)[C@H](C)[C@H](CCc2ccccc2)c2ccc(Oc3ccccc3)cc2)O1. The Kier molecular flexibility index (Phi) is 15.0. The molecule has 1 saturated heterocycles. The summed E-state index contributed by atoms with van der Waals surface area (Å²) in [6.07, 6.45) is -2.80. The highest BCUT2D eigenvalue weighted by Gasteiger charge is 2.66. The number of ether oxygens (including phenoxy) is 7. The molecule has 0 spiro atoms. The molecule has 0 radical (unpaired) electrons. The molecular weight excluding hydrogens is 734 g/mol. The van der Waals surface area contributed by atoms with E-state index in [0.717, 1.165) is 11.1 Å². The smallest absolute Gasteiger partial charge is 0.379 e. The maximum atomic E-state index is 15.1. The summed E-state index contributed by atoms with van der Waals surface area (Å²) >= 11 is 0. The van der Waals surface area contributed by atoms with Crippen molar-refractivity contribution < 1.29 is 57.1 Å².